The van der Waals surface area contributed by atoms with Gasteiger partial charge in [0.25, 0.3) is 0 Å². The molecule has 3 heteroatoms. The topological polar surface area (TPSA) is 39.2 Å². The van der Waals surface area contributed by atoms with E-state index >= 15 is 0 Å². The zero-order valence-corrected chi connectivity index (χ0v) is 10.8. The molecule has 0 atom stereocenters. The largest absolute Gasteiger partial charge is 0.496 e. The molecule has 0 aliphatic heterocycles. The first-order valence-corrected chi connectivity index (χ1v) is 5.46. The van der Waals surface area contributed by atoms with Gasteiger partial charge in [-0.1, -0.05) is 13.8 Å². The van der Waals surface area contributed by atoms with Crippen LogP contribution in [0.5, 0.6) is 5.75 Å². The molecule has 1 rings (SSSR count). The highest BCUT2D eigenvalue weighted by molar-refractivity contribution is 5.98. The van der Waals surface area contributed by atoms with Crippen LogP contribution in [0.2, 0.25) is 0 Å². The molecule has 0 N–H and O–H groups in total. The Morgan fingerprint density at radius 1 is 1.31 bits per heavy atom. The first-order chi connectivity index (χ1) is 7.40. The number of aryl methyl sites for hydroxylation is 1. The Balaban J connectivity index is 3.62. The lowest BCUT2D eigenvalue weighted by Crippen LogP contribution is -2.10. The first-order valence-electron chi connectivity index (χ1n) is 5.46. The van der Waals surface area contributed by atoms with Crippen LogP contribution in [0, 0.1) is 13.8 Å². The number of aromatic nitrogens is 1. The maximum atomic E-state index is 11.7. The highest BCUT2D eigenvalue weighted by atomic mass is 16.5. The molecule has 0 amide bonds. The molecule has 0 fully saturated rings. The smallest absolute Gasteiger partial charge is 0.165 e. The van der Waals surface area contributed by atoms with E-state index in [0.717, 1.165) is 17.0 Å². The molecule has 3 nitrogen and oxygen atoms in total. The molecule has 0 spiro atoms. The van der Waals surface area contributed by atoms with Gasteiger partial charge in [-0.2, -0.15) is 0 Å². The van der Waals surface area contributed by atoms with Crippen LogP contribution in [0.3, 0.4) is 0 Å². The lowest BCUT2D eigenvalue weighted by atomic mass is 9.97. The van der Waals surface area contributed by atoms with Crippen LogP contribution in [0.4, 0.5) is 0 Å². The summed E-state index contributed by atoms with van der Waals surface area (Å²) in [5, 5.41) is 0. The second-order valence-corrected chi connectivity index (χ2v) is 4.33. The second-order valence-electron chi connectivity index (χ2n) is 4.33. The average molecular weight is 221 g/mol. The number of hydrogen-bond donors (Lipinski definition) is 0. The highest BCUT2D eigenvalue weighted by Crippen LogP contribution is 2.31. The van der Waals surface area contributed by atoms with Gasteiger partial charge in [0.15, 0.2) is 5.78 Å². The summed E-state index contributed by atoms with van der Waals surface area (Å²) in [6.45, 7) is 9.48. The normalized spacial score (nSPS) is 10.7. The third-order valence-corrected chi connectivity index (χ3v) is 2.76. The fourth-order valence-electron chi connectivity index (χ4n) is 1.80. The van der Waals surface area contributed by atoms with Crippen LogP contribution < -0.4 is 4.74 Å². The van der Waals surface area contributed by atoms with Gasteiger partial charge in [0.2, 0.25) is 0 Å². The van der Waals surface area contributed by atoms with E-state index in [2.05, 4.69) is 4.98 Å². The molecular formula is C13H19NO2. The Kier molecular flexibility index (Phi) is 3.68. The van der Waals surface area contributed by atoms with Gasteiger partial charge in [-0.05, 0) is 26.7 Å². The summed E-state index contributed by atoms with van der Waals surface area (Å²) in [5.74, 6) is 0.895. The molecule has 0 bridgehead atoms. The van der Waals surface area contributed by atoms with Crippen molar-refractivity contribution in [3.8, 4) is 5.75 Å². The molecule has 0 saturated carbocycles. The molecule has 16 heavy (non-hydrogen) atoms. The number of carbonyl (C=O) groups is 1. The monoisotopic (exact) mass is 221 g/mol. The number of ketones is 1. The predicted molar refractivity (Wildman–Crippen MR) is 64.4 cm³/mol. The Morgan fingerprint density at radius 2 is 1.88 bits per heavy atom. The van der Waals surface area contributed by atoms with E-state index in [1.807, 2.05) is 27.7 Å². The van der Waals surface area contributed by atoms with E-state index in [9.17, 15) is 4.79 Å². The van der Waals surface area contributed by atoms with Crippen molar-refractivity contribution in [3.05, 3.63) is 22.5 Å². The minimum atomic E-state index is 0.0103. The van der Waals surface area contributed by atoms with Crippen molar-refractivity contribution in [3.63, 3.8) is 0 Å². The minimum Gasteiger partial charge on any atom is -0.496 e. The first kappa shape index (κ1) is 12.7. The van der Waals surface area contributed by atoms with Crippen molar-refractivity contribution in [2.24, 2.45) is 0 Å². The Bertz CT molecular complexity index is 422. The van der Waals surface area contributed by atoms with Crippen LogP contribution in [0.1, 0.15) is 54.0 Å². The van der Waals surface area contributed by atoms with Crippen LogP contribution in [0.15, 0.2) is 0 Å². The van der Waals surface area contributed by atoms with E-state index in [1.165, 1.54) is 0 Å². The van der Waals surface area contributed by atoms with E-state index in [0.29, 0.717) is 11.3 Å². The fourth-order valence-corrected chi connectivity index (χ4v) is 1.80. The molecule has 0 aromatic carbocycles. The lowest BCUT2D eigenvalue weighted by molar-refractivity contribution is 0.101. The number of Topliss-reactive ketones (excluding diaryl/α,β-unsaturated/α-hetero) is 1. The van der Waals surface area contributed by atoms with Crippen LogP contribution in [-0.4, -0.2) is 17.9 Å². The zero-order valence-electron chi connectivity index (χ0n) is 10.8. The van der Waals surface area contributed by atoms with Gasteiger partial charge in [-0.15, -0.1) is 0 Å². The molecule has 0 aliphatic carbocycles. The van der Waals surface area contributed by atoms with Gasteiger partial charge < -0.3 is 4.74 Å². The van der Waals surface area contributed by atoms with Crippen molar-refractivity contribution in [2.45, 2.75) is 40.5 Å². The maximum absolute atomic E-state index is 11.7. The summed E-state index contributed by atoms with van der Waals surface area (Å²) in [4.78, 5) is 16.2. The van der Waals surface area contributed by atoms with Crippen molar-refractivity contribution in [1.82, 2.24) is 4.98 Å². The third-order valence-electron chi connectivity index (χ3n) is 2.76. The Hall–Kier alpha value is -1.38. The fraction of sp³-hybridized carbons (Fsp3) is 0.538. The Morgan fingerprint density at radius 3 is 2.25 bits per heavy atom. The van der Waals surface area contributed by atoms with Gasteiger partial charge >= 0.3 is 0 Å². The Labute approximate surface area is 96.8 Å². The van der Waals surface area contributed by atoms with Gasteiger partial charge in [0, 0.05) is 11.3 Å². The number of methoxy groups -OCH3 is 1. The van der Waals surface area contributed by atoms with Gasteiger partial charge in [0.1, 0.15) is 5.75 Å². The summed E-state index contributed by atoms with van der Waals surface area (Å²) >= 11 is 0. The van der Waals surface area contributed by atoms with Crippen molar-refractivity contribution in [1.29, 1.82) is 0 Å². The van der Waals surface area contributed by atoms with Gasteiger partial charge in [-0.3, -0.25) is 9.78 Å². The quantitative estimate of drug-likeness (QED) is 0.736. The number of pyridine rings is 1. The van der Waals surface area contributed by atoms with Crippen LogP contribution >= 0.6 is 0 Å². The minimum absolute atomic E-state index is 0.0103. The zero-order chi connectivity index (χ0) is 12.5. The molecular weight excluding hydrogens is 202 g/mol. The molecule has 0 saturated heterocycles. The average Bonchev–Trinajstić information content (AvgIpc) is 2.20. The van der Waals surface area contributed by atoms with Gasteiger partial charge in [-0.25, -0.2) is 0 Å². The molecule has 1 aromatic rings. The predicted octanol–water partition coefficient (Wildman–Crippen LogP) is 3.03. The van der Waals surface area contributed by atoms with E-state index < -0.39 is 0 Å². The van der Waals surface area contributed by atoms with Crippen molar-refractivity contribution in [2.75, 3.05) is 7.11 Å². The molecule has 1 heterocycles. The SMILES string of the molecule is COc1c(C)c(C)nc(C(C)C)c1C(C)=O. The number of nitrogens with zero attached hydrogens (tertiary/aromatic N) is 1. The van der Waals surface area contributed by atoms with E-state index in [4.69, 9.17) is 4.74 Å². The van der Waals surface area contributed by atoms with Crippen LogP contribution in [0.25, 0.3) is 0 Å². The summed E-state index contributed by atoms with van der Waals surface area (Å²) in [7, 11) is 1.60. The maximum Gasteiger partial charge on any atom is 0.165 e. The number of rotatable bonds is 3. The van der Waals surface area contributed by atoms with Crippen molar-refractivity contribution < 1.29 is 9.53 Å². The second kappa shape index (κ2) is 4.64. The molecule has 0 aliphatic rings. The summed E-state index contributed by atoms with van der Waals surface area (Å²) < 4.78 is 5.35. The summed E-state index contributed by atoms with van der Waals surface area (Å²) in [6.07, 6.45) is 0. The molecule has 88 valence electrons. The molecule has 0 unspecified atom stereocenters. The number of carbonyl (C=O) groups excluding carboxylic acids is 1. The van der Waals surface area contributed by atoms with Gasteiger partial charge in [0.05, 0.1) is 18.4 Å². The summed E-state index contributed by atoms with van der Waals surface area (Å²) in [5.41, 5.74) is 3.32. The molecule has 1 aromatic heterocycles. The number of ether oxygens (including phenoxy) is 1. The lowest BCUT2D eigenvalue weighted by Gasteiger charge is -2.17. The van der Waals surface area contributed by atoms with E-state index in [-0.39, 0.29) is 11.7 Å². The summed E-state index contributed by atoms with van der Waals surface area (Å²) in [6, 6.07) is 0. The third kappa shape index (κ3) is 2.08. The highest BCUT2D eigenvalue weighted by Gasteiger charge is 2.21. The van der Waals surface area contributed by atoms with E-state index in [1.54, 1.807) is 14.0 Å². The van der Waals surface area contributed by atoms with Crippen molar-refractivity contribution >= 4 is 5.78 Å². The number of hydrogen-bond acceptors (Lipinski definition) is 3. The van der Waals surface area contributed by atoms with Crippen LogP contribution in [-0.2, 0) is 0 Å². The standard InChI is InChI=1S/C13H19NO2/c1-7(2)12-11(10(5)15)13(16-6)8(3)9(4)14-12/h7H,1-6H3. The molecule has 0 radical (unpaired) electrons.